The van der Waals surface area contributed by atoms with Gasteiger partial charge in [0, 0.05) is 11.7 Å². The number of nitrogens with one attached hydrogen (secondary N) is 1. The molecule has 5 heteroatoms. The molecule has 21 heavy (non-hydrogen) atoms. The number of hydrogen-bond donors (Lipinski definition) is 1. The van der Waals surface area contributed by atoms with Crippen molar-refractivity contribution in [1.82, 2.24) is 14.8 Å². The number of hydrogen-bond acceptors (Lipinski definition) is 3. The highest BCUT2D eigenvalue weighted by atomic mass is 19.1. The molecular formula is C16H21FN4. The molecule has 4 nitrogen and oxygen atoms in total. The van der Waals surface area contributed by atoms with E-state index in [1.165, 1.54) is 23.8 Å². The minimum Gasteiger partial charge on any atom is -0.382 e. The second-order valence-electron chi connectivity index (χ2n) is 6.26. The van der Waals surface area contributed by atoms with Gasteiger partial charge in [-0.15, -0.1) is 0 Å². The van der Waals surface area contributed by atoms with Gasteiger partial charge in [-0.2, -0.15) is 5.10 Å². The van der Waals surface area contributed by atoms with E-state index in [9.17, 15) is 4.39 Å². The zero-order valence-corrected chi connectivity index (χ0v) is 12.5. The smallest absolute Gasteiger partial charge is 0.150 e. The summed E-state index contributed by atoms with van der Waals surface area (Å²) >= 11 is 0. The van der Waals surface area contributed by atoms with E-state index in [-0.39, 0.29) is 5.82 Å². The first-order valence-corrected chi connectivity index (χ1v) is 7.53. The lowest BCUT2D eigenvalue weighted by Crippen LogP contribution is -2.30. The quantitative estimate of drug-likeness (QED) is 0.937. The second-order valence-corrected chi connectivity index (χ2v) is 6.26. The van der Waals surface area contributed by atoms with Crippen LogP contribution in [-0.2, 0) is 0 Å². The molecule has 0 aliphatic heterocycles. The van der Waals surface area contributed by atoms with Crippen molar-refractivity contribution in [2.24, 2.45) is 11.8 Å². The maximum absolute atomic E-state index is 14.2. The van der Waals surface area contributed by atoms with Crippen LogP contribution in [0.25, 0.3) is 5.69 Å². The molecule has 0 spiro atoms. The lowest BCUT2D eigenvalue weighted by Gasteiger charge is -2.32. The minimum absolute atomic E-state index is 0.289. The summed E-state index contributed by atoms with van der Waals surface area (Å²) in [5.41, 5.74) is 1.26. The Labute approximate surface area is 124 Å². The van der Waals surface area contributed by atoms with Crippen LogP contribution in [0, 0.1) is 17.7 Å². The average Bonchev–Trinajstić information content (AvgIpc) is 2.91. The number of benzene rings is 1. The lowest BCUT2D eigenvalue weighted by molar-refractivity contribution is 0.281. The summed E-state index contributed by atoms with van der Waals surface area (Å²) in [7, 11) is 0. The summed E-state index contributed by atoms with van der Waals surface area (Å²) in [6.07, 6.45) is 6.48. The topological polar surface area (TPSA) is 42.7 Å². The Morgan fingerprint density at radius 2 is 1.95 bits per heavy atom. The third kappa shape index (κ3) is 3.23. The number of aromatic nitrogens is 3. The molecule has 0 saturated heterocycles. The van der Waals surface area contributed by atoms with E-state index in [0.717, 1.165) is 30.4 Å². The molecule has 112 valence electrons. The van der Waals surface area contributed by atoms with Crippen molar-refractivity contribution in [3.05, 3.63) is 36.7 Å². The molecule has 1 saturated carbocycles. The van der Waals surface area contributed by atoms with Crippen LogP contribution >= 0.6 is 0 Å². The zero-order chi connectivity index (χ0) is 14.8. The van der Waals surface area contributed by atoms with E-state index >= 15 is 0 Å². The predicted octanol–water partition coefficient (Wildman–Crippen LogP) is 3.64. The Morgan fingerprint density at radius 1 is 1.19 bits per heavy atom. The summed E-state index contributed by atoms with van der Waals surface area (Å²) < 4.78 is 15.6. The first kappa shape index (κ1) is 14.0. The van der Waals surface area contributed by atoms with Gasteiger partial charge in [-0.3, -0.25) is 0 Å². The summed E-state index contributed by atoms with van der Waals surface area (Å²) in [6.45, 7) is 4.58. The van der Waals surface area contributed by atoms with Crippen molar-refractivity contribution in [2.75, 3.05) is 5.32 Å². The van der Waals surface area contributed by atoms with E-state index in [1.54, 1.807) is 12.1 Å². The Hall–Kier alpha value is -1.91. The fraction of sp³-hybridized carbons (Fsp3) is 0.500. The Morgan fingerprint density at radius 3 is 2.57 bits per heavy atom. The summed E-state index contributed by atoms with van der Waals surface area (Å²) in [4.78, 5) is 3.84. The summed E-state index contributed by atoms with van der Waals surface area (Å²) in [6, 6.07) is 5.62. The monoisotopic (exact) mass is 288 g/mol. The van der Waals surface area contributed by atoms with Crippen LogP contribution < -0.4 is 5.32 Å². The molecule has 0 amide bonds. The standard InChI is InChI=1S/C16H21FN4/c1-11-5-12(2)7-14(6-11)20-13-3-4-16(15(17)8-13)21-10-18-9-19-21/h3-4,8-12,14,20H,5-7H2,1-2H3. The third-order valence-corrected chi connectivity index (χ3v) is 4.16. The maximum atomic E-state index is 14.2. The first-order chi connectivity index (χ1) is 10.1. The van der Waals surface area contributed by atoms with Gasteiger partial charge in [0.05, 0.1) is 0 Å². The Kier molecular flexibility index (Phi) is 3.90. The number of halogens is 1. The van der Waals surface area contributed by atoms with E-state index in [0.29, 0.717) is 11.7 Å². The molecule has 1 N–H and O–H groups in total. The normalized spacial score (nSPS) is 25.8. The number of anilines is 1. The molecule has 2 unspecified atom stereocenters. The van der Waals surface area contributed by atoms with Crippen LogP contribution in [0.2, 0.25) is 0 Å². The van der Waals surface area contributed by atoms with E-state index in [1.807, 2.05) is 6.07 Å². The van der Waals surface area contributed by atoms with Gasteiger partial charge in [0.1, 0.15) is 18.3 Å². The van der Waals surface area contributed by atoms with Crippen LogP contribution in [0.1, 0.15) is 33.1 Å². The van der Waals surface area contributed by atoms with Crippen LogP contribution in [0.4, 0.5) is 10.1 Å². The maximum Gasteiger partial charge on any atom is 0.150 e. The van der Waals surface area contributed by atoms with Gasteiger partial charge in [0.15, 0.2) is 5.82 Å². The molecular weight excluding hydrogens is 267 g/mol. The highest BCUT2D eigenvalue weighted by molar-refractivity contribution is 5.50. The van der Waals surface area contributed by atoms with Crippen molar-refractivity contribution >= 4 is 5.69 Å². The molecule has 3 rings (SSSR count). The van der Waals surface area contributed by atoms with E-state index < -0.39 is 0 Å². The lowest BCUT2D eigenvalue weighted by atomic mass is 9.80. The second kappa shape index (κ2) is 5.84. The molecule has 1 aliphatic rings. The van der Waals surface area contributed by atoms with Crippen LogP contribution in [0.3, 0.4) is 0 Å². The van der Waals surface area contributed by atoms with Gasteiger partial charge in [-0.25, -0.2) is 14.1 Å². The average molecular weight is 288 g/mol. The van der Waals surface area contributed by atoms with E-state index in [2.05, 4.69) is 29.2 Å². The van der Waals surface area contributed by atoms with Crippen molar-refractivity contribution < 1.29 is 4.39 Å². The fourth-order valence-electron chi connectivity index (χ4n) is 3.42. The number of nitrogens with zero attached hydrogens (tertiary/aromatic N) is 3. The molecule has 1 fully saturated rings. The van der Waals surface area contributed by atoms with Crippen LogP contribution in [-0.4, -0.2) is 20.8 Å². The molecule has 1 heterocycles. The van der Waals surface area contributed by atoms with Gasteiger partial charge < -0.3 is 5.32 Å². The molecule has 2 atom stereocenters. The molecule has 0 radical (unpaired) electrons. The zero-order valence-electron chi connectivity index (χ0n) is 12.5. The summed E-state index contributed by atoms with van der Waals surface area (Å²) in [5.74, 6) is 1.17. The van der Waals surface area contributed by atoms with Crippen molar-refractivity contribution in [2.45, 2.75) is 39.2 Å². The molecule has 2 aromatic rings. The van der Waals surface area contributed by atoms with Gasteiger partial charge in [0.25, 0.3) is 0 Å². The highest BCUT2D eigenvalue weighted by Gasteiger charge is 2.23. The van der Waals surface area contributed by atoms with Gasteiger partial charge in [-0.1, -0.05) is 13.8 Å². The third-order valence-electron chi connectivity index (χ3n) is 4.16. The largest absolute Gasteiger partial charge is 0.382 e. The Bertz CT molecular complexity index is 586. The summed E-state index contributed by atoms with van der Waals surface area (Å²) in [5, 5.41) is 7.43. The predicted molar refractivity (Wildman–Crippen MR) is 80.9 cm³/mol. The number of rotatable bonds is 3. The fourth-order valence-corrected chi connectivity index (χ4v) is 3.42. The van der Waals surface area contributed by atoms with Crippen molar-refractivity contribution in [3.8, 4) is 5.69 Å². The first-order valence-electron chi connectivity index (χ1n) is 7.53. The van der Waals surface area contributed by atoms with Crippen molar-refractivity contribution in [1.29, 1.82) is 0 Å². The van der Waals surface area contributed by atoms with Crippen molar-refractivity contribution in [3.63, 3.8) is 0 Å². The van der Waals surface area contributed by atoms with Crippen LogP contribution in [0.5, 0.6) is 0 Å². The molecule has 1 aromatic carbocycles. The minimum atomic E-state index is -0.289. The van der Waals surface area contributed by atoms with Crippen LogP contribution in [0.15, 0.2) is 30.9 Å². The van der Waals surface area contributed by atoms with E-state index in [4.69, 9.17) is 0 Å². The van der Waals surface area contributed by atoms with Gasteiger partial charge >= 0.3 is 0 Å². The Balaban J connectivity index is 1.73. The molecule has 1 aromatic heterocycles. The highest BCUT2D eigenvalue weighted by Crippen LogP contribution is 2.30. The molecule has 1 aliphatic carbocycles. The molecule has 0 bridgehead atoms. The van der Waals surface area contributed by atoms with Gasteiger partial charge in [0.2, 0.25) is 0 Å². The van der Waals surface area contributed by atoms with Gasteiger partial charge in [-0.05, 0) is 49.3 Å². The SMILES string of the molecule is CC1CC(C)CC(Nc2ccc(-n3cncn3)c(F)c2)C1.